The lowest BCUT2D eigenvalue weighted by Crippen LogP contribution is -2.26. The molecule has 5 nitrogen and oxygen atoms in total. The minimum absolute atomic E-state index is 0.0288. The van der Waals surface area contributed by atoms with Crippen molar-refractivity contribution < 1.29 is 9.72 Å². The van der Waals surface area contributed by atoms with Crippen LogP contribution in [0.4, 0.5) is 5.69 Å². The van der Waals surface area contributed by atoms with Crippen LogP contribution in [-0.4, -0.2) is 10.8 Å². The fourth-order valence-corrected chi connectivity index (χ4v) is 2.27. The molecule has 0 heterocycles. The first-order valence-electron chi connectivity index (χ1n) is 7.53. The summed E-state index contributed by atoms with van der Waals surface area (Å²) in [4.78, 5) is 22.3. The summed E-state index contributed by atoms with van der Waals surface area (Å²) in [5.74, 6) is 0.217. The first kappa shape index (κ1) is 16.7. The summed E-state index contributed by atoms with van der Waals surface area (Å²) in [7, 11) is 0. The molecule has 2 aromatic rings. The molecule has 0 fully saturated rings. The van der Waals surface area contributed by atoms with Crippen LogP contribution in [0.3, 0.4) is 0 Å². The van der Waals surface area contributed by atoms with Gasteiger partial charge in [-0.2, -0.15) is 0 Å². The van der Waals surface area contributed by atoms with Crippen LogP contribution in [0.2, 0.25) is 0 Å². The number of nitrogens with one attached hydrogen (secondary N) is 1. The fourth-order valence-electron chi connectivity index (χ4n) is 2.27. The number of hydrogen-bond donors (Lipinski definition) is 1. The Morgan fingerprint density at radius 1 is 0.957 bits per heavy atom. The third-order valence-electron chi connectivity index (χ3n) is 3.79. The second kappa shape index (κ2) is 7.05. The van der Waals surface area contributed by atoms with Gasteiger partial charge in [0.25, 0.3) is 11.6 Å². The van der Waals surface area contributed by atoms with Crippen molar-refractivity contribution in [2.24, 2.45) is 0 Å². The lowest BCUT2D eigenvalue weighted by atomic mass is 9.99. The summed E-state index contributed by atoms with van der Waals surface area (Å²) in [6.45, 7) is 6.18. The zero-order valence-electron chi connectivity index (χ0n) is 13.4. The highest BCUT2D eigenvalue weighted by atomic mass is 16.6. The monoisotopic (exact) mass is 312 g/mol. The summed E-state index contributed by atoms with van der Waals surface area (Å²) in [6.07, 6.45) is 0. The molecule has 0 bridgehead atoms. The zero-order valence-corrected chi connectivity index (χ0v) is 13.4. The second-order valence-corrected chi connectivity index (χ2v) is 5.82. The van der Waals surface area contributed by atoms with Crippen LogP contribution < -0.4 is 5.32 Å². The Bertz CT molecular complexity index is 691. The van der Waals surface area contributed by atoms with Gasteiger partial charge in [0.15, 0.2) is 0 Å². The molecule has 1 amide bonds. The predicted molar refractivity (Wildman–Crippen MR) is 89.5 cm³/mol. The van der Waals surface area contributed by atoms with E-state index in [4.69, 9.17) is 0 Å². The van der Waals surface area contributed by atoms with Crippen molar-refractivity contribution >= 4 is 11.6 Å². The molecule has 1 unspecified atom stereocenters. The molecule has 0 aromatic heterocycles. The number of nitro benzene ring substituents is 1. The van der Waals surface area contributed by atoms with Crippen LogP contribution in [-0.2, 0) is 0 Å². The Morgan fingerprint density at radius 2 is 1.48 bits per heavy atom. The molecule has 0 spiro atoms. The Kier molecular flexibility index (Phi) is 5.11. The van der Waals surface area contributed by atoms with Crippen molar-refractivity contribution in [3.8, 4) is 0 Å². The van der Waals surface area contributed by atoms with E-state index in [1.165, 1.54) is 29.8 Å². The zero-order chi connectivity index (χ0) is 17.0. The normalized spacial score (nSPS) is 12.0. The number of nitrogens with zero attached hydrogens (tertiary/aromatic N) is 1. The molecule has 1 N–H and O–H groups in total. The predicted octanol–water partition coefficient (Wildman–Crippen LogP) is 4.21. The highest BCUT2D eigenvalue weighted by Crippen LogP contribution is 2.19. The standard InChI is InChI=1S/C18H20N2O3/c1-12(2)14-4-6-15(7-5-14)13(3)19-18(21)16-8-10-17(11-9-16)20(22)23/h4-13H,1-3H3,(H,19,21). The average molecular weight is 312 g/mol. The Labute approximate surface area is 135 Å². The molecule has 23 heavy (non-hydrogen) atoms. The highest BCUT2D eigenvalue weighted by Gasteiger charge is 2.13. The molecule has 120 valence electrons. The SMILES string of the molecule is CC(C)c1ccc(C(C)NC(=O)c2ccc([N+](=O)[O-])cc2)cc1. The summed E-state index contributed by atoms with van der Waals surface area (Å²) in [6, 6.07) is 13.6. The van der Waals surface area contributed by atoms with Crippen molar-refractivity contribution in [3.63, 3.8) is 0 Å². The highest BCUT2D eigenvalue weighted by molar-refractivity contribution is 5.94. The summed E-state index contributed by atoms with van der Waals surface area (Å²) in [5, 5.41) is 13.5. The van der Waals surface area contributed by atoms with E-state index < -0.39 is 4.92 Å². The molecule has 1 atom stereocenters. The van der Waals surface area contributed by atoms with E-state index in [1.54, 1.807) is 0 Å². The fraction of sp³-hybridized carbons (Fsp3) is 0.278. The number of rotatable bonds is 5. The quantitative estimate of drug-likeness (QED) is 0.664. The first-order valence-corrected chi connectivity index (χ1v) is 7.53. The van der Waals surface area contributed by atoms with Crippen molar-refractivity contribution in [2.45, 2.75) is 32.7 Å². The van der Waals surface area contributed by atoms with Gasteiger partial charge < -0.3 is 5.32 Å². The van der Waals surface area contributed by atoms with Crippen molar-refractivity contribution in [1.29, 1.82) is 0 Å². The number of nitro groups is 1. The summed E-state index contributed by atoms with van der Waals surface area (Å²) in [5.41, 5.74) is 2.65. The van der Waals surface area contributed by atoms with E-state index in [2.05, 4.69) is 31.3 Å². The lowest BCUT2D eigenvalue weighted by molar-refractivity contribution is -0.384. The molecule has 0 saturated heterocycles. The minimum Gasteiger partial charge on any atom is -0.346 e. The van der Waals surface area contributed by atoms with Crippen molar-refractivity contribution in [3.05, 3.63) is 75.3 Å². The van der Waals surface area contributed by atoms with Gasteiger partial charge in [0.05, 0.1) is 11.0 Å². The van der Waals surface area contributed by atoms with E-state index in [-0.39, 0.29) is 17.6 Å². The molecule has 0 aliphatic rings. The average Bonchev–Trinajstić information content (AvgIpc) is 2.54. The van der Waals surface area contributed by atoms with E-state index in [0.29, 0.717) is 11.5 Å². The van der Waals surface area contributed by atoms with Crippen LogP contribution in [0.1, 0.15) is 54.2 Å². The number of non-ortho nitro benzene ring substituents is 1. The molecule has 0 aliphatic carbocycles. The third-order valence-corrected chi connectivity index (χ3v) is 3.79. The maximum Gasteiger partial charge on any atom is 0.269 e. The number of benzene rings is 2. The van der Waals surface area contributed by atoms with E-state index in [1.807, 2.05) is 19.1 Å². The Balaban J connectivity index is 2.05. The van der Waals surface area contributed by atoms with Gasteiger partial charge in [-0.05, 0) is 36.1 Å². The molecule has 5 heteroatoms. The molecule has 0 aliphatic heterocycles. The van der Waals surface area contributed by atoms with E-state index in [0.717, 1.165) is 5.56 Å². The van der Waals surface area contributed by atoms with Gasteiger partial charge in [-0.1, -0.05) is 38.1 Å². The molecule has 2 rings (SSSR count). The second-order valence-electron chi connectivity index (χ2n) is 5.82. The van der Waals surface area contributed by atoms with Gasteiger partial charge in [-0.3, -0.25) is 14.9 Å². The maximum atomic E-state index is 12.2. The maximum absolute atomic E-state index is 12.2. The largest absolute Gasteiger partial charge is 0.346 e. The molecule has 0 saturated carbocycles. The van der Waals surface area contributed by atoms with Gasteiger partial charge >= 0.3 is 0 Å². The van der Waals surface area contributed by atoms with Gasteiger partial charge in [-0.25, -0.2) is 0 Å². The van der Waals surface area contributed by atoms with E-state index in [9.17, 15) is 14.9 Å². The molecule has 2 aromatic carbocycles. The van der Waals surface area contributed by atoms with Crippen LogP contribution in [0.5, 0.6) is 0 Å². The van der Waals surface area contributed by atoms with Gasteiger partial charge in [0, 0.05) is 17.7 Å². The first-order chi connectivity index (χ1) is 10.9. The van der Waals surface area contributed by atoms with Crippen LogP contribution in [0.25, 0.3) is 0 Å². The topological polar surface area (TPSA) is 72.2 Å². The number of amides is 1. The number of carbonyl (C=O) groups excluding carboxylic acids is 1. The van der Waals surface area contributed by atoms with E-state index >= 15 is 0 Å². The molecular weight excluding hydrogens is 292 g/mol. The minimum atomic E-state index is -0.486. The summed E-state index contributed by atoms with van der Waals surface area (Å²) < 4.78 is 0. The third kappa shape index (κ3) is 4.16. The van der Waals surface area contributed by atoms with Crippen molar-refractivity contribution in [1.82, 2.24) is 5.32 Å². The van der Waals surface area contributed by atoms with Crippen LogP contribution >= 0.6 is 0 Å². The van der Waals surface area contributed by atoms with Gasteiger partial charge in [0.1, 0.15) is 0 Å². The molecular formula is C18H20N2O3. The van der Waals surface area contributed by atoms with Gasteiger partial charge in [0.2, 0.25) is 0 Å². The smallest absolute Gasteiger partial charge is 0.269 e. The lowest BCUT2D eigenvalue weighted by Gasteiger charge is -2.15. The Hall–Kier alpha value is -2.69. The van der Waals surface area contributed by atoms with Crippen LogP contribution in [0, 0.1) is 10.1 Å². The van der Waals surface area contributed by atoms with Crippen molar-refractivity contribution in [2.75, 3.05) is 0 Å². The van der Waals surface area contributed by atoms with Gasteiger partial charge in [-0.15, -0.1) is 0 Å². The summed E-state index contributed by atoms with van der Waals surface area (Å²) >= 11 is 0. The van der Waals surface area contributed by atoms with Crippen LogP contribution in [0.15, 0.2) is 48.5 Å². The molecule has 0 radical (unpaired) electrons. The Morgan fingerprint density at radius 3 is 1.96 bits per heavy atom. The number of hydrogen-bond acceptors (Lipinski definition) is 3. The number of carbonyl (C=O) groups is 1.